The van der Waals surface area contributed by atoms with Crippen molar-refractivity contribution in [1.82, 2.24) is 5.32 Å². The third kappa shape index (κ3) is 3.00. The van der Waals surface area contributed by atoms with Crippen molar-refractivity contribution >= 4 is 34.7 Å². The van der Waals surface area contributed by atoms with Gasteiger partial charge in [0.25, 0.3) is 5.91 Å². The lowest BCUT2D eigenvalue weighted by Gasteiger charge is -2.16. The van der Waals surface area contributed by atoms with Crippen LogP contribution in [0.1, 0.15) is 28.8 Å². The lowest BCUT2D eigenvalue weighted by Crippen LogP contribution is -2.45. The number of hydrogen-bond donors (Lipinski definition) is 2. The van der Waals surface area contributed by atoms with Gasteiger partial charge in [0.1, 0.15) is 0 Å². The first-order valence-electron chi connectivity index (χ1n) is 5.85. The van der Waals surface area contributed by atoms with Gasteiger partial charge in [-0.2, -0.15) is 0 Å². The molecule has 3 nitrogen and oxygen atoms in total. The van der Waals surface area contributed by atoms with Gasteiger partial charge in [-0.15, -0.1) is 0 Å². The van der Waals surface area contributed by atoms with Crippen LogP contribution >= 0.6 is 23.8 Å². The number of hydrogen-bond acceptors (Lipinski definition) is 2. The highest BCUT2D eigenvalue weighted by molar-refractivity contribution is 7.80. The number of benzene rings is 1. The number of rotatable bonds is 4. The Labute approximate surface area is 117 Å². The van der Waals surface area contributed by atoms with Crippen LogP contribution in [0.4, 0.5) is 0 Å². The van der Waals surface area contributed by atoms with Gasteiger partial charge in [-0.05, 0) is 43.4 Å². The highest BCUT2D eigenvalue weighted by Crippen LogP contribution is 2.33. The molecule has 1 aliphatic rings. The van der Waals surface area contributed by atoms with E-state index in [9.17, 15) is 4.79 Å². The van der Waals surface area contributed by atoms with E-state index >= 15 is 0 Å². The second-order valence-corrected chi connectivity index (χ2v) is 5.53. The summed E-state index contributed by atoms with van der Waals surface area (Å²) in [7, 11) is 0. The summed E-state index contributed by atoms with van der Waals surface area (Å²) in [5.41, 5.74) is 7.13. The predicted molar refractivity (Wildman–Crippen MR) is 77.0 cm³/mol. The average Bonchev–Trinajstić information content (AvgIpc) is 3.13. The van der Waals surface area contributed by atoms with E-state index in [2.05, 4.69) is 5.32 Å². The molecule has 0 radical (unpaired) electrons. The van der Waals surface area contributed by atoms with Crippen molar-refractivity contribution in [1.29, 1.82) is 0 Å². The SMILES string of the molecule is Cc1ccc(C(=O)NC(C(N)=S)C2CC2)cc1Cl. The van der Waals surface area contributed by atoms with Crippen molar-refractivity contribution in [3.8, 4) is 0 Å². The van der Waals surface area contributed by atoms with E-state index in [-0.39, 0.29) is 11.9 Å². The van der Waals surface area contributed by atoms with Gasteiger partial charge in [0.2, 0.25) is 0 Å². The monoisotopic (exact) mass is 282 g/mol. The molecule has 5 heteroatoms. The Hall–Kier alpha value is -1.13. The van der Waals surface area contributed by atoms with Crippen molar-refractivity contribution in [2.45, 2.75) is 25.8 Å². The molecule has 1 aromatic rings. The molecule has 96 valence electrons. The highest BCUT2D eigenvalue weighted by atomic mass is 35.5. The molecule has 0 aliphatic heterocycles. The first-order valence-corrected chi connectivity index (χ1v) is 6.64. The van der Waals surface area contributed by atoms with Gasteiger partial charge in [0, 0.05) is 10.6 Å². The molecule has 1 fully saturated rings. The number of carbonyl (C=O) groups is 1. The van der Waals surface area contributed by atoms with Crippen molar-refractivity contribution in [2.24, 2.45) is 11.7 Å². The molecule has 2 rings (SSSR count). The number of nitrogens with two attached hydrogens (primary N) is 1. The maximum absolute atomic E-state index is 12.1. The summed E-state index contributed by atoms with van der Waals surface area (Å²) in [5.74, 6) is 0.217. The molecule has 18 heavy (non-hydrogen) atoms. The average molecular weight is 283 g/mol. The minimum atomic E-state index is -0.201. The fourth-order valence-electron chi connectivity index (χ4n) is 1.81. The van der Waals surface area contributed by atoms with E-state index in [1.54, 1.807) is 12.1 Å². The Balaban J connectivity index is 2.10. The van der Waals surface area contributed by atoms with Crippen molar-refractivity contribution in [3.05, 3.63) is 34.3 Å². The lowest BCUT2D eigenvalue weighted by molar-refractivity contribution is 0.0944. The summed E-state index contributed by atoms with van der Waals surface area (Å²) in [5, 5.41) is 3.46. The van der Waals surface area contributed by atoms with Gasteiger partial charge in [-0.3, -0.25) is 4.79 Å². The third-order valence-electron chi connectivity index (χ3n) is 3.12. The number of halogens is 1. The van der Waals surface area contributed by atoms with Crippen LogP contribution in [0.25, 0.3) is 0 Å². The Kier molecular flexibility index (Phi) is 3.88. The van der Waals surface area contributed by atoms with Crippen LogP contribution in [-0.2, 0) is 0 Å². The minimum absolute atomic E-state index is 0.179. The van der Waals surface area contributed by atoms with Gasteiger partial charge in [0.15, 0.2) is 0 Å². The largest absolute Gasteiger partial charge is 0.392 e. The molecular weight excluding hydrogens is 268 g/mol. The maximum atomic E-state index is 12.1. The first kappa shape index (κ1) is 13.3. The topological polar surface area (TPSA) is 55.1 Å². The summed E-state index contributed by atoms with van der Waals surface area (Å²) in [6.45, 7) is 1.89. The zero-order valence-corrected chi connectivity index (χ0v) is 11.6. The van der Waals surface area contributed by atoms with E-state index in [1.165, 1.54) is 0 Å². The fraction of sp³-hybridized carbons (Fsp3) is 0.385. The van der Waals surface area contributed by atoms with Crippen molar-refractivity contribution < 1.29 is 4.79 Å². The Morgan fingerprint density at radius 2 is 2.22 bits per heavy atom. The Morgan fingerprint density at radius 3 is 2.72 bits per heavy atom. The lowest BCUT2D eigenvalue weighted by atomic mass is 10.1. The second kappa shape index (κ2) is 5.24. The van der Waals surface area contributed by atoms with Crippen LogP contribution in [0.3, 0.4) is 0 Å². The standard InChI is InChI=1S/C13H15ClN2OS/c1-7-2-3-9(6-10(7)14)13(17)16-11(12(15)18)8-4-5-8/h2-3,6,8,11H,4-5H2,1H3,(H2,15,18)(H,16,17). The molecule has 1 atom stereocenters. The Morgan fingerprint density at radius 1 is 1.56 bits per heavy atom. The highest BCUT2D eigenvalue weighted by Gasteiger charge is 2.34. The summed E-state index contributed by atoms with van der Waals surface area (Å²) in [6, 6.07) is 5.03. The van der Waals surface area contributed by atoms with Gasteiger partial charge in [-0.25, -0.2) is 0 Å². The van der Waals surface area contributed by atoms with Crippen LogP contribution in [0.2, 0.25) is 5.02 Å². The summed E-state index contributed by atoms with van der Waals surface area (Å²) in [6.07, 6.45) is 2.13. The van der Waals surface area contributed by atoms with Gasteiger partial charge in [0.05, 0.1) is 11.0 Å². The molecule has 1 unspecified atom stereocenters. The molecule has 0 spiro atoms. The van der Waals surface area contributed by atoms with Gasteiger partial charge >= 0.3 is 0 Å². The van der Waals surface area contributed by atoms with E-state index < -0.39 is 0 Å². The summed E-state index contributed by atoms with van der Waals surface area (Å²) in [4.78, 5) is 12.4. The van der Waals surface area contributed by atoms with Gasteiger partial charge < -0.3 is 11.1 Å². The number of nitrogens with one attached hydrogen (secondary N) is 1. The minimum Gasteiger partial charge on any atom is -0.392 e. The smallest absolute Gasteiger partial charge is 0.251 e. The number of thiocarbonyl (C=S) groups is 1. The predicted octanol–water partition coefficient (Wildman–Crippen LogP) is 2.44. The number of aryl methyl sites for hydroxylation is 1. The van der Waals surface area contributed by atoms with Crippen molar-refractivity contribution in [3.63, 3.8) is 0 Å². The van der Waals surface area contributed by atoms with E-state index in [4.69, 9.17) is 29.6 Å². The molecule has 1 saturated carbocycles. The van der Waals surface area contributed by atoms with E-state index in [1.807, 2.05) is 13.0 Å². The third-order valence-corrected chi connectivity index (χ3v) is 3.78. The summed E-state index contributed by atoms with van der Waals surface area (Å²) >= 11 is 11.0. The molecular formula is C13H15ClN2OS. The zero-order chi connectivity index (χ0) is 13.3. The first-order chi connectivity index (χ1) is 8.49. The molecule has 0 aromatic heterocycles. The number of amides is 1. The molecule has 0 heterocycles. The zero-order valence-electron chi connectivity index (χ0n) is 10.1. The number of carbonyl (C=O) groups excluding carboxylic acids is 1. The van der Waals surface area contributed by atoms with Crippen LogP contribution in [0.15, 0.2) is 18.2 Å². The second-order valence-electron chi connectivity index (χ2n) is 4.65. The summed E-state index contributed by atoms with van der Waals surface area (Å²) < 4.78 is 0. The molecule has 3 N–H and O–H groups in total. The fourth-order valence-corrected chi connectivity index (χ4v) is 2.24. The van der Waals surface area contributed by atoms with E-state index in [0.717, 1.165) is 18.4 Å². The van der Waals surface area contributed by atoms with Crippen LogP contribution in [0.5, 0.6) is 0 Å². The Bertz CT molecular complexity index is 500. The molecule has 1 amide bonds. The quantitative estimate of drug-likeness (QED) is 0.834. The normalized spacial score (nSPS) is 16.1. The molecule has 0 saturated heterocycles. The van der Waals surface area contributed by atoms with E-state index in [0.29, 0.717) is 21.5 Å². The maximum Gasteiger partial charge on any atom is 0.251 e. The van der Waals surface area contributed by atoms with Crippen molar-refractivity contribution in [2.75, 3.05) is 0 Å². The molecule has 1 aliphatic carbocycles. The van der Waals surface area contributed by atoms with Crippen LogP contribution in [-0.4, -0.2) is 16.9 Å². The van der Waals surface area contributed by atoms with Crippen LogP contribution in [0, 0.1) is 12.8 Å². The molecule has 1 aromatic carbocycles. The van der Waals surface area contributed by atoms with Gasteiger partial charge in [-0.1, -0.05) is 29.9 Å². The van der Waals surface area contributed by atoms with Crippen LogP contribution < -0.4 is 11.1 Å². The molecule has 0 bridgehead atoms.